The van der Waals surface area contributed by atoms with Crippen molar-refractivity contribution in [3.05, 3.63) is 66.2 Å². The van der Waals surface area contributed by atoms with E-state index in [0.717, 1.165) is 11.3 Å². The molecule has 1 aliphatic heterocycles. The number of amides is 2. The molecule has 1 saturated heterocycles. The SMILES string of the molecule is CC.COCC1CC(C(=O)OCc2ccccc2)N(C(=O)CNC(=O)CCCOc2ccccc2)C1. The van der Waals surface area contributed by atoms with E-state index in [4.69, 9.17) is 14.2 Å². The lowest BCUT2D eigenvalue weighted by Crippen LogP contribution is -2.46. The molecular formula is C28H38N2O6. The molecular weight excluding hydrogens is 460 g/mol. The third-order valence-corrected chi connectivity index (χ3v) is 5.60. The van der Waals surface area contributed by atoms with Gasteiger partial charge >= 0.3 is 5.97 Å². The lowest BCUT2D eigenvalue weighted by molar-refractivity contribution is -0.154. The zero-order valence-electron chi connectivity index (χ0n) is 21.5. The first-order chi connectivity index (χ1) is 17.6. The Morgan fingerprint density at radius 2 is 1.67 bits per heavy atom. The van der Waals surface area contributed by atoms with Gasteiger partial charge in [-0.1, -0.05) is 62.4 Å². The first-order valence-corrected chi connectivity index (χ1v) is 12.5. The molecule has 0 aliphatic carbocycles. The molecule has 2 unspecified atom stereocenters. The second kappa shape index (κ2) is 16.3. The van der Waals surface area contributed by atoms with E-state index in [1.807, 2.05) is 74.5 Å². The molecule has 8 nitrogen and oxygen atoms in total. The minimum Gasteiger partial charge on any atom is -0.494 e. The summed E-state index contributed by atoms with van der Waals surface area (Å²) in [5.41, 5.74) is 0.878. The van der Waals surface area contributed by atoms with Crippen LogP contribution in [0.15, 0.2) is 60.7 Å². The lowest BCUT2D eigenvalue weighted by Gasteiger charge is -2.23. The summed E-state index contributed by atoms with van der Waals surface area (Å²) < 4.78 is 16.3. The van der Waals surface area contributed by atoms with Gasteiger partial charge in [0.15, 0.2) is 0 Å². The van der Waals surface area contributed by atoms with Crippen LogP contribution in [0.3, 0.4) is 0 Å². The van der Waals surface area contributed by atoms with E-state index >= 15 is 0 Å². The van der Waals surface area contributed by atoms with Gasteiger partial charge in [0.05, 0.1) is 19.8 Å². The van der Waals surface area contributed by atoms with Crippen molar-refractivity contribution in [3.63, 3.8) is 0 Å². The normalized spacial score (nSPS) is 16.5. The Hall–Kier alpha value is -3.39. The van der Waals surface area contributed by atoms with Gasteiger partial charge in [0.25, 0.3) is 0 Å². The largest absolute Gasteiger partial charge is 0.494 e. The van der Waals surface area contributed by atoms with E-state index in [9.17, 15) is 14.4 Å². The van der Waals surface area contributed by atoms with Gasteiger partial charge < -0.3 is 24.4 Å². The third-order valence-electron chi connectivity index (χ3n) is 5.60. The summed E-state index contributed by atoms with van der Waals surface area (Å²) in [6, 6.07) is 18.1. The van der Waals surface area contributed by atoms with Gasteiger partial charge in [0, 0.05) is 26.0 Å². The molecule has 0 radical (unpaired) electrons. The van der Waals surface area contributed by atoms with Crippen LogP contribution in [0.1, 0.15) is 38.7 Å². The molecule has 3 rings (SSSR count). The lowest BCUT2D eigenvalue weighted by atomic mass is 10.1. The number of nitrogens with zero attached hydrogens (tertiary/aromatic N) is 1. The van der Waals surface area contributed by atoms with Crippen molar-refractivity contribution in [1.82, 2.24) is 10.2 Å². The number of benzene rings is 2. The third kappa shape index (κ3) is 9.70. The molecule has 0 bridgehead atoms. The molecule has 1 fully saturated rings. The molecule has 1 aliphatic rings. The van der Waals surface area contributed by atoms with Crippen molar-refractivity contribution in [1.29, 1.82) is 0 Å². The Kier molecular flexibility index (Phi) is 13.1. The average molecular weight is 499 g/mol. The van der Waals surface area contributed by atoms with Gasteiger partial charge in [-0.25, -0.2) is 4.79 Å². The van der Waals surface area contributed by atoms with E-state index in [2.05, 4.69) is 5.32 Å². The molecule has 2 aromatic rings. The number of nitrogens with one attached hydrogen (secondary N) is 1. The maximum absolute atomic E-state index is 12.8. The predicted molar refractivity (Wildman–Crippen MR) is 137 cm³/mol. The first kappa shape index (κ1) is 28.8. The molecule has 8 heteroatoms. The number of likely N-dealkylation sites (tertiary alicyclic amines) is 1. The number of carbonyl (C=O) groups excluding carboxylic acids is 3. The van der Waals surface area contributed by atoms with Crippen LogP contribution in [0.2, 0.25) is 0 Å². The van der Waals surface area contributed by atoms with Crippen LogP contribution < -0.4 is 10.1 Å². The van der Waals surface area contributed by atoms with Crippen LogP contribution in [-0.2, 0) is 30.5 Å². The topological polar surface area (TPSA) is 94.2 Å². The highest BCUT2D eigenvalue weighted by Crippen LogP contribution is 2.25. The number of hydrogen-bond donors (Lipinski definition) is 1. The summed E-state index contributed by atoms with van der Waals surface area (Å²) in [5.74, 6) is -0.202. The van der Waals surface area contributed by atoms with Crippen molar-refractivity contribution in [3.8, 4) is 5.75 Å². The molecule has 196 valence electrons. The molecule has 36 heavy (non-hydrogen) atoms. The molecule has 1 N–H and O–H groups in total. The zero-order chi connectivity index (χ0) is 26.2. The summed E-state index contributed by atoms with van der Waals surface area (Å²) in [6.45, 7) is 5.22. The van der Waals surface area contributed by atoms with Gasteiger partial charge in [-0.3, -0.25) is 9.59 Å². The molecule has 0 spiro atoms. The monoisotopic (exact) mass is 498 g/mol. The minimum absolute atomic E-state index is 0.0362. The van der Waals surface area contributed by atoms with Crippen LogP contribution in [0, 0.1) is 5.92 Å². The highest BCUT2D eigenvalue weighted by molar-refractivity contribution is 5.89. The van der Waals surface area contributed by atoms with Crippen molar-refractivity contribution in [2.24, 2.45) is 5.92 Å². The van der Waals surface area contributed by atoms with Crippen LogP contribution in [-0.4, -0.2) is 62.1 Å². The number of para-hydroxylation sites is 1. The fraction of sp³-hybridized carbons (Fsp3) is 0.464. The maximum atomic E-state index is 12.8. The molecule has 2 amide bonds. The van der Waals surface area contributed by atoms with Crippen LogP contribution >= 0.6 is 0 Å². The van der Waals surface area contributed by atoms with Gasteiger partial charge in [-0.05, 0) is 30.5 Å². The highest BCUT2D eigenvalue weighted by atomic mass is 16.5. The Morgan fingerprint density at radius 1 is 1.00 bits per heavy atom. The number of esters is 1. The van der Waals surface area contributed by atoms with Crippen LogP contribution in [0.25, 0.3) is 0 Å². The number of hydrogen-bond acceptors (Lipinski definition) is 6. The molecule has 0 aromatic heterocycles. The van der Waals surface area contributed by atoms with Crippen molar-refractivity contribution in [2.45, 2.75) is 45.8 Å². The summed E-state index contributed by atoms with van der Waals surface area (Å²) in [6.07, 6.45) is 1.25. The van der Waals surface area contributed by atoms with Crippen LogP contribution in [0.4, 0.5) is 0 Å². The fourth-order valence-corrected chi connectivity index (χ4v) is 3.91. The van der Waals surface area contributed by atoms with Crippen LogP contribution in [0.5, 0.6) is 5.75 Å². The molecule has 0 saturated carbocycles. The fourth-order valence-electron chi connectivity index (χ4n) is 3.91. The Labute approximate surface area is 213 Å². The highest BCUT2D eigenvalue weighted by Gasteiger charge is 2.40. The Morgan fingerprint density at radius 3 is 2.33 bits per heavy atom. The second-order valence-electron chi connectivity index (χ2n) is 8.25. The van der Waals surface area contributed by atoms with Crippen molar-refractivity contribution < 1.29 is 28.6 Å². The Balaban J connectivity index is 0.00000222. The van der Waals surface area contributed by atoms with Gasteiger partial charge in [0.2, 0.25) is 11.8 Å². The molecule has 2 aromatic carbocycles. The Bertz CT molecular complexity index is 922. The maximum Gasteiger partial charge on any atom is 0.329 e. The standard InChI is InChI=1S/C26H32N2O6.C2H6/c1-32-18-21-15-23(26(31)34-19-20-9-4-2-5-10-20)28(17-21)25(30)16-27-24(29)13-8-14-33-22-11-6-3-7-12-22;1-2/h2-7,9-12,21,23H,8,13-19H2,1H3,(H,27,29);1-2H3. The summed E-state index contributed by atoms with van der Waals surface area (Å²) in [4.78, 5) is 39.3. The number of rotatable bonds is 12. The second-order valence-corrected chi connectivity index (χ2v) is 8.25. The number of ether oxygens (including phenoxy) is 3. The summed E-state index contributed by atoms with van der Waals surface area (Å²) in [7, 11) is 1.59. The summed E-state index contributed by atoms with van der Waals surface area (Å²) >= 11 is 0. The summed E-state index contributed by atoms with van der Waals surface area (Å²) in [5, 5.41) is 2.65. The molecule has 2 atom stereocenters. The van der Waals surface area contributed by atoms with E-state index < -0.39 is 12.0 Å². The number of carbonyl (C=O) groups is 3. The average Bonchev–Trinajstić information content (AvgIpc) is 3.35. The van der Waals surface area contributed by atoms with E-state index in [1.54, 1.807) is 7.11 Å². The molecule has 1 heterocycles. The quantitative estimate of drug-likeness (QED) is 0.355. The minimum atomic E-state index is -0.687. The van der Waals surface area contributed by atoms with Crippen molar-refractivity contribution in [2.75, 3.05) is 33.4 Å². The van der Waals surface area contributed by atoms with E-state index in [-0.39, 0.29) is 37.3 Å². The number of methoxy groups -OCH3 is 1. The van der Waals surface area contributed by atoms with E-state index in [1.165, 1.54) is 4.90 Å². The van der Waals surface area contributed by atoms with Crippen molar-refractivity contribution >= 4 is 17.8 Å². The van der Waals surface area contributed by atoms with Gasteiger partial charge in [-0.2, -0.15) is 0 Å². The smallest absolute Gasteiger partial charge is 0.329 e. The predicted octanol–water partition coefficient (Wildman–Crippen LogP) is 3.59. The van der Waals surface area contributed by atoms with Gasteiger partial charge in [0.1, 0.15) is 18.4 Å². The van der Waals surface area contributed by atoms with E-state index in [0.29, 0.717) is 32.6 Å². The zero-order valence-corrected chi connectivity index (χ0v) is 21.5. The van der Waals surface area contributed by atoms with Gasteiger partial charge in [-0.15, -0.1) is 0 Å². The first-order valence-electron chi connectivity index (χ1n) is 12.5.